The zero-order chi connectivity index (χ0) is 28.5. The van der Waals surface area contributed by atoms with Crippen molar-refractivity contribution in [2.45, 2.75) is 43.4 Å². The maximum Gasteiger partial charge on any atom is 0.261 e. The van der Waals surface area contributed by atoms with Gasteiger partial charge in [-0.2, -0.15) is 0 Å². The van der Waals surface area contributed by atoms with Gasteiger partial charge in [-0.3, -0.25) is 14.3 Å². The van der Waals surface area contributed by atoms with Gasteiger partial charge in [0.1, 0.15) is 17.6 Å². The lowest BCUT2D eigenvalue weighted by Gasteiger charge is -2.29. The lowest BCUT2D eigenvalue weighted by atomic mass is 10.1. The van der Waals surface area contributed by atoms with Crippen molar-refractivity contribution in [2.24, 2.45) is 0 Å². The van der Waals surface area contributed by atoms with Gasteiger partial charge in [-0.1, -0.05) is 30.3 Å². The first-order valence-electron chi connectivity index (χ1n) is 13.0. The van der Waals surface area contributed by atoms with E-state index in [-0.39, 0.29) is 41.5 Å². The van der Waals surface area contributed by atoms with Gasteiger partial charge >= 0.3 is 0 Å². The number of amides is 2. The maximum atomic E-state index is 13.2. The number of hydrogen-bond acceptors (Lipinski definition) is 6. The van der Waals surface area contributed by atoms with E-state index in [1.54, 1.807) is 6.92 Å². The molecule has 9 nitrogen and oxygen atoms in total. The number of carbonyl (C=O) groups is 2. The van der Waals surface area contributed by atoms with Gasteiger partial charge in [0.05, 0.1) is 11.0 Å². The van der Waals surface area contributed by atoms with Gasteiger partial charge in [0.2, 0.25) is 5.91 Å². The normalized spacial score (nSPS) is 15.7. The van der Waals surface area contributed by atoms with Gasteiger partial charge in [0, 0.05) is 25.4 Å². The minimum Gasteiger partial charge on any atom is -0.484 e. The zero-order valence-corrected chi connectivity index (χ0v) is 22.9. The van der Waals surface area contributed by atoms with E-state index < -0.39 is 27.8 Å². The molecule has 0 unspecified atom stereocenters. The summed E-state index contributed by atoms with van der Waals surface area (Å²) in [5.41, 5.74) is 1.08. The average molecular weight is 570 g/mol. The van der Waals surface area contributed by atoms with Crippen molar-refractivity contribution in [1.82, 2.24) is 10.2 Å². The molecule has 0 bridgehead atoms. The molecule has 0 saturated carbocycles. The molecule has 1 aliphatic rings. The van der Waals surface area contributed by atoms with E-state index in [0.29, 0.717) is 13.2 Å². The second kappa shape index (κ2) is 13.4. The molecule has 4 rings (SSSR count). The highest BCUT2D eigenvalue weighted by atomic mass is 32.2. The molecular weight excluding hydrogens is 537 g/mol. The summed E-state index contributed by atoms with van der Waals surface area (Å²) in [6, 6.07) is 19.1. The number of nitrogens with one attached hydrogen (secondary N) is 2. The van der Waals surface area contributed by atoms with Crippen molar-refractivity contribution < 1.29 is 31.9 Å². The van der Waals surface area contributed by atoms with Crippen LogP contribution in [0.1, 0.15) is 25.3 Å². The Balaban J connectivity index is 1.38. The summed E-state index contributed by atoms with van der Waals surface area (Å²) in [7, 11) is -3.91. The van der Waals surface area contributed by atoms with Crippen LogP contribution in [0, 0.1) is 5.82 Å². The second-order valence-electron chi connectivity index (χ2n) is 9.44. The molecule has 1 heterocycles. The molecule has 0 aliphatic carbocycles. The van der Waals surface area contributed by atoms with Crippen LogP contribution in [0.5, 0.6) is 5.75 Å². The molecule has 0 aromatic heterocycles. The third kappa shape index (κ3) is 8.03. The molecule has 1 fully saturated rings. The molecule has 0 spiro atoms. The Hall–Kier alpha value is -3.96. The van der Waals surface area contributed by atoms with E-state index >= 15 is 0 Å². The number of ether oxygens (including phenoxy) is 2. The van der Waals surface area contributed by atoms with Gasteiger partial charge in [0.25, 0.3) is 15.9 Å². The van der Waals surface area contributed by atoms with E-state index in [4.69, 9.17) is 9.47 Å². The minimum absolute atomic E-state index is 0.0181. The fourth-order valence-electron chi connectivity index (χ4n) is 4.21. The summed E-state index contributed by atoms with van der Waals surface area (Å²) < 4.78 is 52.0. The fraction of sp³-hybridized carbons (Fsp3) is 0.310. The Morgan fingerprint density at radius 1 is 1.05 bits per heavy atom. The van der Waals surface area contributed by atoms with Crippen molar-refractivity contribution in [3.05, 3.63) is 90.2 Å². The summed E-state index contributed by atoms with van der Waals surface area (Å²) >= 11 is 0. The zero-order valence-electron chi connectivity index (χ0n) is 22.1. The Morgan fingerprint density at radius 3 is 2.40 bits per heavy atom. The number of benzene rings is 3. The fourth-order valence-corrected chi connectivity index (χ4v) is 5.26. The number of carbonyl (C=O) groups excluding carboxylic acids is 2. The Kier molecular flexibility index (Phi) is 9.73. The largest absolute Gasteiger partial charge is 0.484 e. The second-order valence-corrected chi connectivity index (χ2v) is 11.1. The molecule has 3 aromatic rings. The summed E-state index contributed by atoms with van der Waals surface area (Å²) in [6.07, 6.45) is 1.83. The molecule has 40 heavy (non-hydrogen) atoms. The van der Waals surface area contributed by atoms with E-state index in [1.807, 2.05) is 30.3 Å². The predicted molar refractivity (Wildman–Crippen MR) is 148 cm³/mol. The van der Waals surface area contributed by atoms with E-state index in [2.05, 4.69) is 10.0 Å². The maximum absolute atomic E-state index is 13.2. The van der Waals surface area contributed by atoms with Crippen molar-refractivity contribution in [2.75, 3.05) is 24.5 Å². The highest BCUT2D eigenvalue weighted by Gasteiger charge is 2.27. The Bertz CT molecular complexity index is 1380. The Morgan fingerprint density at radius 2 is 1.75 bits per heavy atom. The van der Waals surface area contributed by atoms with Crippen LogP contribution >= 0.6 is 0 Å². The SMILES string of the molecule is C[C@@H](C(=O)NC[C@@H]1CCCO1)N(Cc1ccccc1)C(=O)COc1ccc(S(=O)(=O)Nc2ccc(F)cc2)cc1. The molecule has 2 N–H and O–H groups in total. The van der Waals surface area contributed by atoms with Crippen molar-refractivity contribution in [1.29, 1.82) is 0 Å². The number of nitrogens with zero attached hydrogens (tertiary/aromatic N) is 1. The third-order valence-electron chi connectivity index (χ3n) is 6.48. The molecular formula is C29H32FN3O6S. The van der Waals surface area contributed by atoms with Crippen LogP contribution in [0.4, 0.5) is 10.1 Å². The molecule has 11 heteroatoms. The smallest absolute Gasteiger partial charge is 0.261 e. The van der Waals surface area contributed by atoms with Crippen LogP contribution in [0.2, 0.25) is 0 Å². The van der Waals surface area contributed by atoms with Crippen molar-refractivity contribution in [3.8, 4) is 5.75 Å². The molecule has 2 atom stereocenters. The van der Waals surface area contributed by atoms with Crippen LogP contribution in [-0.2, 0) is 30.9 Å². The number of rotatable bonds is 12. The molecule has 3 aromatic carbocycles. The molecule has 212 valence electrons. The third-order valence-corrected chi connectivity index (χ3v) is 7.88. The van der Waals surface area contributed by atoms with Crippen LogP contribution < -0.4 is 14.8 Å². The first kappa shape index (κ1) is 29.0. The molecule has 1 saturated heterocycles. The van der Waals surface area contributed by atoms with Gasteiger partial charge < -0.3 is 19.7 Å². The topological polar surface area (TPSA) is 114 Å². The van der Waals surface area contributed by atoms with Crippen LogP contribution in [0.25, 0.3) is 0 Å². The lowest BCUT2D eigenvalue weighted by Crippen LogP contribution is -2.50. The van der Waals surface area contributed by atoms with Gasteiger partial charge in [-0.25, -0.2) is 12.8 Å². The Labute approximate surface area is 233 Å². The summed E-state index contributed by atoms with van der Waals surface area (Å²) in [4.78, 5) is 27.6. The molecule has 0 radical (unpaired) electrons. The van der Waals surface area contributed by atoms with Crippen LogP contribution in [0.3, 0.4) is 0 Å². The highest BCUT2D eigenvalue weighted by Crippen LogP contribution is 2.20. The minimum atomic E-state index is -3.91. The molecule has 1 aliphatic heterocycles. The number of anilines is 1. The number of halogens is 1. The predicted octanol–water partition coefficient (Wildman–Crippen LogP) is 3.72. The standard InChI is InChI=1S/C29H32FN3O6S/c1-21(29(35)31-18-26-8-5-17-38-26)33(19-22-6-3-2-4-7-22)28(34)20-39-25-13-15-27(16-14-25)40(36,37)32-24-11-9-23(30)10-12-24/h2-4,6-7,9-16,21,26,32H,5,8,17-20H2,1H3,(H,31,35)/t21-,26-/m0/s1. The van der Waals surface area contributed by atoms with Gasteiger partial charge in [-0.15, -0.1) is 0 Å². The van der Waals surface area contributed by atoms with Crippen molar-refractivity contribution in [3.63, 3.8) is 0 Å². The first-order valence-corrected chi connectivity index (χ1v) is 14.4. The molecule has 2 amide bonds. The van der Waals surface area contributed by atoms with Gasteiger partial charge in [-0.05, 0) is 73.9 Å². The first-order chi connectivity index (χ1) is 19.2. The summed E-state index contributed by atoms with van der Waals surface area (Å²) in [5, 5.41) is 2.88. The van der Waals surface area contributed by atoms with Gasteiger partial charge in [0.15, 0.2) is 6.61 Å². The number of sulfonamides is 1. The average Bonchev–Trinajstić information content (AvgIpc) is 3.49. The summed E-state index contributed by atoms with van der Waals surface area (Å²) in [6.45, 7) is 2.60. The van der Waals surface area contributed by atoms with Crippen molar-refractivity contribution >= 4 is 27.5 Å². The monoisotopic (exact) mass is 569 g/mol. The van der Waals surface area contributed by atoms with E-state index in [0.717, 1.165) is 30.5 Å². The van der Waals surface area contributed by atoms with Crippen LogP contribution in [-0.4, -0.2) is 57.0 Å². The quantitative estimate of drug-likeness (QED) is 0.344. The van der Waals surface area contributed by atoms with Crippen LogP contribution in [0.15, 0.2) is 83.8 Å². The number of hydrogen-bond donors (Lipinski definition) is 2. The highest BCUT2D eigenvalue weighted by molar-refractivity contribution is 7.92. The van der Waals surface area contributed by atoms with E-state index in [9.17, 15) is 22.4 Å². The summed E-state index contributed by atoms with van der Waals surface area (Å²) in [5.74, 6) is -0.888. The van der Waals surface area contributed by atoms with E-state index in [1.165, 1.54) is 41.3 Å². The lowest BCUT2D eigenvalue weighted by molar-refractivity contribution is -0.142.